The Morgan fingerprint density at radius 2 is 2.00 bits per heavy atom. The van der Waals surface area contributed by atoms with Crippen LogP contribution in [-0.2, 0) is 6.42 Å². The minimum Gasteiger partial charge on any atom is -0.304 e. The number of carbonyl (C=O) groups excluding carboxylic acids is 1. The van der Waals surface area contributed by atoms with Gasteiger partial charge in [-0.05, 0) is 5.56 Å². The molecule has 0 fully saturated rings. The van der Waals surface area contributed by atoms with Gasteiger partial charge in [0.2, 0.25) is 0 Å². The van der Waals surface area contributed by atoms with Crippen LogP contribution in [0.4, 0.5) is 0 Å². The maximum atomic E-state index is 11.4. The Hall–Kier alpha value is -2.23. The van der Waals surface area contributed by atoms with Gasteiger partial charge < -0.3 is 4.98 Å². The molecule has 0 aliphatic heterocycles. The molecule has 17 heavy (non-hydrogen) atoms. The number of Topliss-reactive ketones (excluding diaryl/α,β-unsaturated/α-hetero) is 1. The lowest BCUT2D eigenvalue weighted by Gasteiger charge is -2.02. The summed E-state index contributed by atoms with van der Waals surface area (Å²) in [6.07, 6.45) is 0.547. The zero-order valence-corrected chi connectivity index (χ0v) is 9.43. The van der Waals surface area contributed by atoms with Crippen LogP contribution in [0.2, 0.25) is 0 Å². The third-order valence-corrected chi connectivity index (χ3v) is 2.36. The van der Waals surface area contributed by atoms with Gasteiger partial charge in [0.1, 0.15) is 0 Å². The van der Waals surface area contributed by atoms with Crippen LogP contribution in [0.15, 0.2) is 41.2 Å². The summed E-state index contributed by atoms with van der Waals surface area (Å²) in [6.45, 7) is 1.38. The molecule has 0 spiro atoms. The monoisotopic (exact) mass is 228 g/mol. The van der Waals surface area contributed by atoms with E-state index in [2.05, 4.69) is 9.97 Å². The summed E-state index contributed by atoms with van der Waals surface area (Å²) in [5, 5.41) is 0. The third kappa shape index (κ3) is 2.87. The Labute approximate surface area is 98.3 Å². The largest absolute Gasteiger partial charge is 0.304 e. The number of ketones is 1. The van der Waals surface area contributed by atoms with Gasteiger partial charge in [0.15, 0.2) is 11.6 Å². The summed E-state index contributed by atoms with van der Waals surface area (Å²) < 4.78 is 0. The van der Waals surface area contributed by atoms with E-state index in [-0.39, 0.29) is 17.2 Å². The number of hydrogen-bond acceptors (Lipinski definition) is 3. The minimum atomic E-state index is -0.295. The van der Waals surface area contributed by atoms with Crippen molar-refractivity contribution < 1.29 is 4.79 Å². The van der Waals surface area contributed by atoms with Crippen LogP contribution in [0.5, 0.6) is 0 Å². The molecule has 0 bridgehead atoms. The predicted octanol–water partition coefficient (Wildman–Crippen LogP) is 1.56. The lowest BCUT2D eigenvalue weighted by Crippen LogP contribution is -2.15. The van der Waals surface area contributed by atoms with Crippen molar-refractivity contribution in [3.63, 3.8) is 0 Å². The maximum Gasteiger partial charge on any atom is 0.251 e. The first-order chi connectivity index (χ1) is 8.15. The molecule has 0 aliphatic rings. The average molecular weight is 228 g/mol. The molecule has 0 saturated heterocycles. The van der Waals surface area contributed by atoms with Crippen molar-refractivity contribution >= 4 is 5.78 Å². The molecule has 1 heterocycles. The molecule has 86 valence electrons. The van der Waals surface area contributed by atoms with E-state index in [9.17, 15) is 9.59 Å². The lowest BCUT2D eigenvalue weighted by molar-refractivity contribution is 0.100. The van der Waals surface area contributed by atoms with Gasteiger partial charge in [-0.15, -0.1) is 0 Å². The van der Waals surface area contributed by atoms with E-state index in [0.29, 0.717) is 12.1 Å². The number of aromatic nitrogens is 2. The summed E-state index contributed by atoms with van der Waals surface area (Å²) in [7, 11) is 0. The van der Waals surface area contributed by atoms with Crippen molar-refractivity contribution in [3.05, 3.63) is 63.8 Å². The lowest BCUT2D eigenvalue weighted by atomic mass is 10.1. The first kappa shape index (κ1) is 11.3. The molecule has 1 aromatic carbocycles. The summed E-state index contributed by atoms with van der Waals surface area (Å²) in [4.78, 5) is 29.1. The molecular formula is C13H12N2O2. The topological polar surface area (TPSA) is 62.8 Å². The van der Waals surface area contributed by atoms with E-state index in [4.69, 9.17) is 0 Å². The van der Waals surface area contributed by atoms with Crippen LogP contribution < -0.4 is 5.56 Å². The normalized spacial score (nSPS) is 10.2. The molecule has 1 aromatic heterocycles. The number of hydrogen-bond donors (Lipinski definition) is 1. The molecule has 0 radical (unpaired) electrons. The van der Waals surface area contributed by atoms with Crippen molar-refractivity contribution in [2.24, 2.45) is 0 Å². The molecule has 0 unspecified atom stereocenters. The second-order valence-electron chi connectivity index (χ2n) is 3.80. The zero-order chi connectivity index (χ0) is 12.3. The predicted molar refractivity (Wildman–Crippen MR) is 64.1 cm³/mol. The van der Waals surface area contributed by atoms with E-state index in [0.717, 1.165) is 5.56 Å². The summed E-state index contributed by atoms with van der Waals surface area (Å²) in [6, 6.07) is 11.1. The summed E-state index contributed by atoms with van der Waals surface area (Å²) in [5.41, 5.74) is 1.36. The van der Waals surface area contributed by atoms with Crippen LogP contribution in [0.25, 0.3) is 0 Å². The Balaban J connectivity index is 2.34. The SMILES string of the molecule is CC(=O)c1nc(Cc2ccccc2)cc(=O)[nH]1. The van der Waals surface area contributed by atoms with Gasteiger partial charge >= 0.3 is 0 Å². The number of rotatable bonds is 3. The number of nitrogens with one attached hydrogen (secondary N) is 1. The number of nitrogens with zero attached hydrogens (tertiary/aromatic N) is 1. The fraction of sp³-hybridized carbons (Fsp3) is 0.154. The van der Waals surface area contributed by atoms with Gasteiger partial charge in [-0.2, -0.15) is 0 Å². The molecule has 0 aliphatic carbocycles. The fourth-order valence-corrected chi connectivity index (χ4v) is 1.57. The molecular weight excluding hydrogens is 216 g/mol. The highest BCUT2D eigenvalue weighted by Crippen LogP contribution is 2.05. The molecule has 4 nitrogen and oxygen atoms in total. The Morgan fingerprint density at radius 1 is 1.29 bits per heavy atom. The fourth-order valence-electron chi connectivity index (χ4n) is 1.57. The van der Waals surface area contributed by atoms with Crippen LogP contribution >= 0.6 is 0 Å². The third-order valence-electron chi connectivity index (χ3n) is 2.36. The molecule has 0 saturated carbocycles. The number of H-pyrrole nitrogens is 1. The second-order valence-corrected chi connectivity index (χ2v) is 3.80. The Bertz CT molecular complexity index is 588. The minimum absolute atomic E-state index is 0.114. The highest BCUT2D eigenvalue weighted by atomic mass is 16.1. The van der Waals surface area contributed by atoms with Gasteiger partial charge in [0.25, 0.3) is 5.56 Å². The van der Waals surface area contributed by atoms with Crippen molar-refractivity contribution in [2.45, 2.75) is 13.3 Å². The number of carbonyl (C=O) groups is 1. The van der Waals surface area contributed by atoms with Gasteiger partial charge in [-0.1, -0.05) is 30.3 Å². The van der Waals surface area contributed by atoms with E-state index in [1.807, 2.05) is 30.3 Å². The summed E-state index contributed by atoms with van der Waals surface area (Å²) >= 11 is 0. The first-order valence-electron chi connectivity index (χ1n) is 5.30. The molecule has 0 amide bonds. The molecule has 1 N–H and O–H groups in total. The molecule has 2 rings (SSSR count). The molecule has 0 atom stereocenters. The van der Waals surface area contributed by atoms with Crippen LogP contribution in [0, 0.1) is 0 Å². The standard InChI is InChI=1S/C13H12N2O2/c1-9(16)13-14-11(8-12(17)15-13)7-10-5-3-2-4-6-10/h2-6,8H,7H2,1H3,(H,14,15,17). The van der Waals surface area contributed by atoms with Crippen molar-refractivity contribution in [3.8, 4) is 0 Å². The molecule has 4 heteroatoms. The van der Waals surface area contributed by atoms with E-state index < -0.39 is 0 Å². The average Bonchev–Trinajstić information content (AvgIpc) is 2.29. The zero-order valence-electron chi connectivity index (χ0n) is 9.43. The van der Waals surface area contributed by atoms with E-state index in [1.54, 1.807) is 0 Å². The summed E-state index contributed by atoms with van der Waals surface area (Å²) in [5.74, 6) is -0.125. The van der Waals surface area contributed by atoms with Crippen LogP contribution in [0.3, 0.4) is 0 Å². The van der Waals surface area contributed by atoms with Crippen molar-refractivity contribution in [1.82, 2.24) is 9.97 Å². The quantitative estimate of drug-likeness (QED) is 0.811. The highest BCUT2D eigenvalue weighted by Gasteiger charge is 2.05. The Kier molecular flexibility index (Phi) is 3.14. The van der Waals surface area contributed by atoms with Crippen molar-refractivity contribution in [2.75, 3.05) is 0 Å². The van der Waals surface area contributed by atoms with E-state index >= 15 is 0 Å². The number of aromatic amines is 1. The highest BCUT2D eigenvalue weighted by molar-refractivity contribution is 5.90. The maximum absolute atomic E-state index is 11.4. The van der Waals surface area contributed by atoms with Crippen LogP contribution in [-0.4, -0.2) is 15.8 Å². The van der Waals surface area contributed by atoms with Gasteiger partial charge in [-0.25, -0.2) is 4.98 Å². The first-order valence-corrected chi connectivity index (χ1v) is 5.30. The van der Waals surface area contributed by atoms with Gasteiger partial charge in [0.05, 0.1) is 5.69 Å². The molecule has 2 aromatic rings. The van der Waals surface area contributed by atoms with E-state index in [1.165, 1.54) is 13.0 Å². The van der Waals surface area contributed by atoms with Gasteiger partial charge in [0, 0.05) is 19.4 Å². The van der Waals surface area contributed by atoms with Crippen molar-refractivity contribution in [1.29, 1.82) is 0 Å². The Morgan fingerprint density at radius 3 is 2.65 bits per heavy atom. The smallest absolute Gasteiger partial charge is 0.251 e. The number of benzene rings is 1. The second kappa shape index (κ2) is 4.74. The van der Waals surface area contributed by atoms with Gasteiger partial charge in [-0.3, -0.25) is 9.59 Å². The van der Waals surface area contributed by atoms with Crippen LogP contribution in [0.1, 0.15) is 28.8 Å².